The maximum Gasteiger partial charge on any atom is 0.297 e. The van der Waals surface area contributed by atoms with Crippen LogP contribution in [0.1, 0.15) is 0 Å². The van der Waals surface area contributed by atoms with Crippen LogP contribution in [0.2, 0.25) is 0 Å². The van der Waals surface area contributed by atoms with E-state index in [0.29, 0.717) is 12.1 Å². The number of oxazole rings is 1. The molecule has 8 heteroatoms. The van der Waals surface area contributed by atoms with Crippen LogP contribution in [0.3, 0.4) is 0 Å². The van der Waals surface area contributed by atoms with Crippen LogP contribution in [-0.2, 0) is 0 Å². The summed E-state index contributed by atoms with van der Waals surface area (Å²) in [7, 11) is 1.99. The molecule has 3 aromatic heterocycles. The summed E-state index contributed by atoms with van der Waals surface area (Å²) in [5, 5.41) is 12.2. The number of anilines is 2. The number of aromatic nitrogens is 5. The number of rotatable bonds is 3. The summed E-state index contributed by atoms with van der Waals surface area (Å²) in [6.07, 6.45) is 4.85. The van der Waals surface area contributed by atoms with E-state index in [9.17, 15) is 0 Å². The molecular formula is C12H13N7O. The van der Waals surface area contributed by atoms with Crippen LogP contribution in [0.4, 0.5) is 11.8 Å². The Morgan fingerprint density at radius 2 is 2.25 bits per heavy atom. The van der Waals surface area contributed by atoms with Crippen molar-refractivity contribution in [3.8, 4) is 0 Å². The van der Waals surface area contributed by atoms with Gasteiger partial charge in [0.2, 0.25) is 0 Å². The van der Waals surface area contributed by atoms with Crippen molar-refractivity contribution in [1.29, 1.82) is 0 Å². The molecule has 1 aliphatic rings. The van der Waals surface area contributed by atoms with Crippen LogP contribution < -0.4 is 9.80 Å². The first kappa shape index (κ1) is 11.2. The van der Waals surface area contributed by atoms with Gasteiger partial charge in [-0.05, 0) is 12.1 Å². The maximum atomic E-state index is 5.30. The second-order valence-electron chi connectivity index (χ2n) is 4.81. The zero-order valence-corrected chi connectivity index (χ0v) is 10.9. The molecule has 4 rings (SSSR count). The van der Waals surface area contributed by atoms with Crippen LogP contribution in [0.25, 0.3) is 5.65 Å². The molecule has 0 amide bonds. The SMILES string of the molecule is CN(c1ncco1)C1CN(c2ccc3nncn3n2)C1. The summed E-state index contributed by atoms with van der Waals surface area (Å²) in [4.78, 5) is 8.40. The third kappa shape index (κ3) is 1.68. The molecule has 0 saturated carbocycles. The van der Waals surface area contributed by atoms with Gasteiger partial charge in [-0.15, -0.1) is 15.3 Å². The van der Waals surface area contributed by atoms with Gasteiger partial charge in [0.15, 0.2) is 5.65 Å². The normalized spacial score (nSPS) is 15.6. The molecule has 0 aromatic carbocycles. The van der Waals surface area contributed by atoms with E-state index in [0.717, 1.165) is 24.6 Å². The van der Waals surface area contributed by atoms with Crippen molar-refractivity contribution < 1.29 is 4.42 Å². The highest BCUT2D eigenvalue weighted by Crippen LogP contribution is 2.23. The summed E-state index contributed by atoms with van der Waals surface area (Å²) in [5.74, 6) is 0.925. The average molecular weight is 271 g/mol. The van der Waals surface area contributed by atoms with Gasteiger partial charge in [0.1, 0.15) is 18.4 Å². The zero-order chi connectivity index (χ0) is 13.5. The van der Waals surface area contributed by atoms with Gasteiger partial charge in [-0.3, -0.25) is 0 Å². The molecule has 0 unspecified atom stereocenters. The molecule has 4 heterocycles. The molecular weight excluding hydrogens is 258 g/mol. The van der Waals surface area contributed by atoms with E-state index in [1.54, 1.807) is 23.3 Å². The van der Waals surface area contributed by atoms with E-state index in [2.05, 4.69) is 25.2 Å². The second-order valence-corrected chi connectivity index (χ2v) is 4.81. The molecule has 8 nitrogen and oxygen atoms in total. The fourth-order valence-corrected chi connectivity index (χ4v) is 2.32. The number of hydrogen-bond donors (Lipinski definition) is 0. The van der Waals surface area contributed by atoms with Crippen LogP contribution in [0.15, 0.2) is 35.3 Å². The first-order chi connectivity index (χ1) is 9.81. The molecule has 0 bridgehead atoms. The van der Waals surface area contributed by atoms with Gasteiger partial charge in [-0.25, -0.2) is 4.98 Å². The Bertz CT molecular complexity index is 716. The van der Waals surface area contributed by atoms with Gasteiger partial charge in [-0.2, -0.15) is 4.52 Å². The lowest BCUT2D eigenvalue weighted by atomic mass is 10.1. The number of fused-ring (bicyclic) bond motifs is 1. The molecule has 0 atom stereocenters. The van der Waals surface area contributed by atoms with Crippen LogP contribution in [0, 0.1) is 0 Å². The summed E-state index contributed by atoms with van der Waals surface area (Å²) in [6.45, 7) is 1.78. The van der Waals surface area contributed by atoms with Crippen molar-refractivity contribution in [3.63, 3.8) is 0 Å². The lowest BCUT2D eigenvalue weighted by molar-refractivity contribution is 0.448. The number of nitrogens with zero attached hydrogens (tertiary/aromatic N) is 7. The molecule has 0 radical (unpaired) electrons. The lowest BCUT2D eigenvalue weighted by Crippen LogP contribution is -2.59. The molecule has 0 aliphatic carbocycles. The van der Waals surface area contributed by atoms with Gasteiger partial charge in [0.05, 0.1) is 12.2 Å². The highest BCUT2D eigenvalue weighted by atomic mass is 16.4. The highest BCUT2D eigenvalue weighted by Gasteiger charge is 2.32. The molecule has 20 heavy (non-hydrogen) atoms. The molecule has 3 aromatic rings. The van der Waals surface area contributed by atoms with Crippen molar-refractivity contribution >= 4 is 17.5 Å². The lowest BCUT2D eigenvalue weighted by Gasteiger charge is -2.43. The fourth-order valence-electron chi connectivity index (χ4n) is 2.32. The molecule has 0 N–H and O–H groups in total. The Morgan fingerprint density at radius 1 is 1.35 bits per heavy atom. The van der Waals surface area contributed by atoms with E-state index in [4.69, 9.17) is 4.42 Å². The summed E-state index contributed by atoms with van der Waals surface area (Å²) < 4.78 is 6.98. The predicted octanol–water partition coefficient (Wildman–Crippen LogP) is 0.437. The zero-order valence-electron chi connectivity index (χ0n) is 10.9. The van der Waals surface area contributed by atoms with Crippen molar-refractivity contribution in [1.82, 2.24) is 24.8 Å². The standard InChI is InChI=1S/C12H13N7O/c1-17(12-13-4-5-20-12)9-6-18(7-9)11-3-2-10-15-14-8-19(10)16-11/h2-5,8-9H,6-7H2,1H3. The minimum atomic E-state index is 0.382. The average Bonchev–Trinajstić information content (AvgIpc) is 3.07. The van der Waals surface area contributed by atoms with E-state index >= 15 is 0 Å². The van der Waals surface area contributed by atoms with Crippen molar-refractivity contribution in [2.75, 3.05) is 29.9 Å². The van der Waals surface area contributed by atoms with Crippen LogP contribution in [-0.4, -0.2) is 51.0 Å². The first-order valence-corrected chi connectivity index (χ1v) is 6.35. The smallest absolute Gasteiger partial charge is 0.297 e. The van der Waals surface area contributed by atoms with Crippen molar-refractivity contribution in [3.05, 3.63) is 30.9 Å². The largest absolute Gasteiger partial charge is 0.432 e. The molecule has 0 spiro atoms. The minimum Gasteiger partial charge on any atom is -0.432 e. The van der Waals surface area contributed by atoms with E-state index in [1.165, 1.54) is 0 Å². The summed E-state index contributed by atoms with van der Waals surface area (Å²) in [5.41, 5.74) is 0.753. The number of likely N-dealkylation sites (N-methyl/N-ethyl adjacent to an activating group) is 1. The first-order valence-electron chi connectivity index (χ1n) is 6.35. The highest BCUT2D eigenvalue weighted by molar-refractivity contribution is 5.49. The molecule has 102 valence electrons. The quantitative estimate of drug-likeness (QED) is 0.684. The van der Waals surface area contributed by atoms with E-state index in [1.807, 2.05) is 24.1 Å². The Morgan fingerprint density at radius 3 is 3.05 bits per heavy atom. The van der Waals surface area contributed by atoms with Crippen LogP contribution >= 0.6 is 0 Å². The summed E-state index contributed by atoms with van der Waals surface area (Å²) >= 11 is 0. The predicted molar refractivity (Wildman–Crippen MR) is 71.7 cm³/mol. The van der Waals surface area contributed by atoms with Crippen LogP contribution in [0.5, 0.6) is 0 Å². The Kier molecular flexibility index (Phi) is 2.35. The summed E-state index contributed by atoms with van der Waals surface area (Å²) in [6, 6.07) is 4.91. The third-order valence-corrected chi connectivity index (χ3v) is 3.60. The maximum absolute atomic E-state index is 5.30. The van der Waals surface area contributed by atoms with Crippen molar-refractivity contribution in [2.24, 2.45) is 0 Å². The van der Waals surface area contributed by atoms with Gasteiger partial charge < -0.3 is 14.2 Å². The van der Waals surface area contributed by atoms with Gasteiger partial charge in [0.25, 0.3) is 6.01 Å². The topological polar surface area (TPSA) is 75.6 Å². The Hall–Kier alpha value is -2.64. The molecule has 1 fully saturated rings. The molecule has 1 saturated heterocycles. The fraction of sp³-hybridized carbons (Fsp3) is 0.333. The van der Waals surface area contributed by atoms with Gasteiger partial charge in [0, 0.05) is 20.1 Å². The van der Waals surface area contributed by atoms with E-state index in [-0.39, 0.29) is 0 Å². The van der Waals surface area contributed by atoms with Crippen molar-refractivity contribution in [2.45, 2.75) is 6.04 Å². The van der Waals surface area contributed by atoms with E-state index < -0.39 is 0 Å². The second kappa shape index (κ2) is 4.19. The monoisotopic (exact) mass is 271 g/mol. The minimum absolute atomic E-state index is 0.382. The molecule has 1 aliphatic heterocycles. The number of hydrogen-bond acceptors (Lipinski definition) is 7. The van der Waals surface area contributed by atoms with Gasteiger partial charge in [-0.1, -0.05) is 0 Å². The third-order valence-electron chi connectivity index (χ3n) is 3.60. The Labute approximate surface area is 114 Å². The Balaban J connectivity index is 1.47. The van der Waals surface area contributed by atoms with Gasteiger partial charge >= 0.3 is 0 Å².